The van der Waals surface area contributed by atoms with Gasteiger partial charge in [0.25, 0.3) is 0 Å². The number of aromatic nitrogens is 1. The predicted molar refractivity (Wildman–Crippen MR) is 135 cm³/mol. The number of aliphatic carboxylic acids is 1. The van der Waals surface area contributed by atoms with Crippen LogP contribution in [0.25, 0.3) is 10.9 Å². The topological polar surface area (TPSA) is 110 Å². The Morgan fingerprint density at radius 3 is 2.37 bits per heavy atom. The molecular weight excluding hydrogens is 523 g/mol. The van der Waals surface area contributed by atoms with Crippen molar-refractivity contribution in [3.05, 3.63) is 90.6 Å². The van der Waals surface area contributed by atoms with E-state index in [1.165, 1.54) is 12.1 Å². The number of nitrogens with zero attached hydrogens (tertiary/aromatic N) is 1. The quantitative estimate of drug-likeness (QED) is 0.272. The second kappa shape index (κ2) is 11.4. The highest BCUT2D eigenvalue weighted by molar-refractivity contribution is 7.86. The number of nitrogens with one attached hydrogen (secondary N) is 2. The molecule has 8 nitrogen and oxygen atoms in total. The first-order valence-electron chi connectivity index (χ1n) is 11.3. The van der Waals surface area contributed by atoms with Crippen LogP contribution >= 0.6 is 0 Å². The number of hydrogen-bond acceptors (Lipinski definition) is 4. The van der Waals surface area contributed by atoms with Gasteiger partial charge in [0.05, 0.1) is 4.90 Å². The molecule has 3 aromatic carbocycles. The Balaban J connectivity index is 1.39. The number of halogens is 3. The molecule has 38 heavy (non-hydrogen) atoms. The molecule has 4 rings (SSSR count). The van der Waals surface area contributed by atoms with Crippen LogP contribution in [0.15, 0.2) is 90.0 Å². The summed E-state index contributed by atoms with van der Waals surface area (Å²) < 4.78 is 57.8. The first kappa shape index (κ1) is 26.7. The molecule has 0 saturated carbocycles. The van der Waals surface area contributed by atoms with Crippen molar-refractivity contribution in [2.24, 2.45) is 0 Å². The lowest BCUT2D eigenvalue weighted by molar-refractivity contribution is -0.274. The van der Waals surface area contributed by atoms with Crippen LogP contribution in [0.5, 0.6) is 5.75 Å². The number of alkyl halides is 3. The molecule has 0 aliphatic rings. The van der Waals surface area contributed by atoms with Crippen molar-refractivity contribution in [3.8, 4) is 5.75 Å². The van der Waals surface area contributed by atoms with Crippen LogP contribution < -0.4 is 14.8 Å². The van der Waals surface area contributed by atoms with Gasteiger partial charge in [-0.05, 0) is 54.1 Å². The van der Waals surface area contributed by atoms with E-state index >= 15 is 0 Å². The van der Waals surface area contributed by atoms with Crippen LogP contribution in [-0.2, 0) is 33.5 Å². The number of carbonyl (C=O) groups excluding carboxylic acids is 1. The van der Waals surface area contributed by atoms with Gasteiger partial charge in [0, 0.05) is 29.2 Å². The van der Waals surface area contributed by atoms with E-state index in [1.54, 1.807) is 59.3 Å². The predicted octanol–water partition coefficient (Wildman–Crippen LogP) is 4.49. The highest BCUT2D eigenvalue weighted by Crippen LogP contribution is 2.25. The third-order valence-electron chi connectivity index (χ3n) is 5.48. The molecule has 12 heteroatoms. The van der Waals surface area contributed by atoms with Crippen molar-refractivity contribution in [2.45, 2.75) is 30.3 Å². The SMILES string of the molecule is O=C(Cn1ccc2cc(NS(=O)c3ccc(OC(F)(F)F)cc3)ccc21)N[C@@H](Cc1ccccc1)C(=O)O. The summed E-state index contributed by atoms with van der Waals surface area (Å²) in [4.78, 5) is 24.5. The van der Waals surface area contributed by atoms with Crippen LogP contribution in [0, 0.1) is 0 Å². The van der Waals surface area contributed by atoms with Crippen LogP contribution in [0.2, 0.25) is 0 Å². The molecule has 0 aliphatic carbocycles. The van der Waals surface area contributed by atoms with Gasteiger partial charge in [-0.25, -0.2) is 9.00 Å². The fourth-order valence-corrected chi connectivity index (χ4v) is 4.62. The van der Waals surface area contributed by atoms with Gasteiger partial charge in [0.1, 0.15) is 29.3 Å². The largest absolute Gasteiger partial charge is 0.573 e. The van der Waals surface area contributed by atoms with Crippen molar-refractivity contribution >= 4 is 39.5 Å². The summed E-state index contributed by atoms with van der Waals surface area (Å²) in [6.45, 7) is -0.104. The maximum atomic E-state index is 12.6. The lowest BCUT2D eigenvalue weighted by Gasteiger charge is -2.15. The van der Waals surface area contributed by atoms with E-state index in [1.807, 2.05) is 6.07 Å². The van der Waals surface area contributed by atoms with Gasteiger partial charge in [-0.2, -0.15) is 0 Å². The van der Waals surface area contributed by atoms with E-state index < -0.39 is 41.0 Å². The summed E-state index contributed by atoms with van der Waals surface area (Å²) in [5, 5.41) is 12.8. The Kier molecular flexibility index (Phi) is 8.01. The molecule has 1 amide bonds. The van der Waals surface area contributed by atoms with E-state index in [0.717, 1.165) is 23.1 Å². The van der Waals surface area contributed by atoms with E-state index in [-0.39, 0.29) is 17.9 Å². The number of carboxylic acids is 1. The van der Waals surface area contributed by atoms with Crippen LogP contribution in [-0.4, -0.2) is 38.2 Å². The minimum absolute atomic E-state index is 0.104. The number of amides is 1. The summed E-state index contributed by atoms with van der Waals surface area (Å²) in [6.07, 6.45) is -2.98. The van der Waals surface area contributed by atoms with Crippen molar-refractivity contribution in [1.29, 1.82) is 0 Å². The molecule has 0 fully saturated rings. The third-order valence-corrected chi connectivity index (χ3v) is 6.60. The molecule has 0 bridgehead atoms. The van der Waals surface area contributed by atoms with Gasteiger partial charge < -0.3 is 24.4 Å². The maximum absolute atomic E-state index is 12.6. The fraction of sp³-hybridized carbons (Fsp3) is 0.154. The number of rotatable bonds is 10. The molecule has 1 aromatic heterocycles. The van der Waals surface area contributed by atoms with E-state index in [4.69, 9.17) is 0 Å². The molecule has 198 valence electrons. The summed E-state index contributed by atoms with van der Waals surface area (Å²) in [5.41, 5.74) is 1.97. The Labute approximate surface area is 217 Å². The fourth-order valence-electron chi connectivity index (χ4n) is 3.78. The van der Waals surface area contributed by atoms with Crippen LogP contribution in [0.4, 0.5) is 18.9 Å². The molecule has 0 saturated heterocycles. The van der Waals surface area contributed by atoms with Gasteiger partial charge in [-0.15, -0.1) is 13.2 Å². The van der Waals surface area contributed by atoms with E-state index in [9.17, 15) is 32.1 Å². The normalized spacial score (nSPS) is 13.0. The minimum Gasteiger partial charge on any atom is -0.480 e. The molecule has 4 aromatic rings. The highest BCUT2D eigenvalue weighted by atomic mass is 32.2. The number of fused-ring (bicyclic) bond motifs is 1. The molecule has 0 radical (unpaired) electrons. The van der Waals surface area contributed by atoms with Gasteiger partial charge in [-0.1, -0.05) is 30.3 Å². The first-order chi connectivity index (χ1) is 18.1. The van der Waals surface area contributed by atoms with Gasteiger partial charge >= 0.3 is 12.3 Å². The molecule has 3 N–H and O–H groups in total. The van der Waals surface area contributed by atoms with Crippen molar-refractivity contribution < 1.29 is 36.8 Å². The van der Waals surface area contributed by atoms with Crippen LogP contribution in [0.3, 0.4) is 0 Å². The van der Waals surface area contributed by atoms with Gasteiger partial charge in [0.15, 0.2) is 0 Å². The average molecular weight is 546 g/mol. The number of anilines is 1. The molecular formula is C26H22F3N3O5S. The Bertz CT molecular complexity index is 1460. The number of carbonyl (C=O) groups is 2. The molecule has 1 unspecified atom stereocenters. The molecule has 0 aliphatic heterocycles. The Morgan fingerprint density at radius 2 is 1.71 bits per heavy atom. The van der Waals surface area contributed by atoms with Gasteiger partial charge in [0.2, 0.25) is 5.91 Å². The molecule has 2 atom stereocenters. The average Bonchev–Trinajstić information content (AvgIpc) is 3.25. The number of benzene rings is 3. The van der Waals surface area contributed by atoms with E-state index in [0.29, 0.717) is 11.2 Å². The zero-order valence-corrected chi connectivity index (χ0v) is 20.5. The standard InChI is InChI=1S/C26H22F3N3O5S/c27-26(28,29)37-20-7-9-21(10-8-20)38(36)31-19-6-11-23-18(15-19)12-13-32(23)16-24(33)30-22(25(34)35)14-17-4-2-1-3-5-17/h1-13,15,22,31H,14,16H2,(H,30,33)(H,34,35)/t22-,38?/m0/s1. The number of hydrogen-bond donors (Lipinski definition) is 3. The summed E-state index contributed by atoms with van der Waals surface area (Å²) in [6, 6.07) is 19.4. The van der Waals surface area contributed by atoms with Crippen molar-refractivity contribution in [3.63, 3.8) is 0 Å². The monoisotopic (exact) mass is 545 g/mol. The van der Waals surface area contributed by atoms with Gasteiger partial charge in [-0.3, -0.25) is 4.79 Å². The van der Waals surface area contributed by atoms with E-state index in [2.05, 4.69) is 14.8 Å². The second-order valence-corrected chi connectivity index (χ2v) is 9.47. The Morgan fingerprint density at radius 1 is 1.00 bits per heavy atom. The summed E-state index contributed by atoms with van der Waals surface area (Å²) in [7, 11) is -1.75. The zero-order chi connectivity index (χ0) is 27.3. The Hall–Kier alpha value is -4.32. The maximum Gasteiger partial charge on any atom is 0.573 e. The number of carboxylic acid groups (broad SMARTS) is 1. The van der Waals surface area contributed by atoms with Crippen LogP contribution in [0.1, 0.15) is 5.56 Å². The lowest BCUT2D eigenvalue weighted by Crippen LogP contribution is -2.43. The molecule has 1 heterocycles. The van der Waals surface area contributed by atoms with Crippen molar-refractivity contribution in [2.75, 3.05) is 4.72 Å². The minimum atomic E-state index is -4.81. The summed E-state index contributed by atoms with van der Waals surface area (Å²) >= 11 is 0. The second-order valence-electron chi connectivity index (χ2n) is 8.26. The third kappa shape index (κ3) is 7.13. The molecule has 0 spiro atoms. The lowest BCUT2D eigenvalue weighted by atomic mass is 10.1. The zero-order valence-electron chi connectivity index (χ0n) is 19.6. The smallest absolute Gasteiger partial charge is 0.480 e. The number of ether oxygens (including phenoxy) is 1. The first-order valence-corrected chi connectivity index (χ1v) is 12.4. The highest BCUT2D eigenvalue weighted by Gasteiger charge is 2.31. The summed E-state index contributed by atoms with van der Waals surface area (Å²) in [5.74, 6) is -2.02. The van der Waals surface area contributed by atoms with Crippen molar-refractivity contribution in [1.82, 2.24) is 9.88 Å².